The molecule has 0 fully saturated rings. The lowest BCUT2D eigenvalue weighted by atomic mass is 10.2. The second-order valence-corrected chi connectivity index (χ2v) is 5.86. The van der Waals surface area contributed by atoms with Gasteiger partial charge in [-0.3, -0.25) is 14.8 Å². The molecule has 124 valence electrons. The second kappa shape index (κ2) is 7.27. The number of benzene rings is 1. The highest BCUT2D eigenvalue weighted by Crippen LogP contribution is 2.26. The molecule has 0 saturated heterocycles. The van der Waals surface area contributed by atoms with Gasteiger partial charge in [0.15, 0.2) is 10.8 Å². The van der Waals surface area contributed by atoms with Gasteiger partial charge in [-0.1, -0.05) is 0 Å². The molecule has 6 nitrogen and oxygen atoms in total. The molecule has 0 bridgehead atoms. The molecule has 3 aromatic rings. The molecule has 2 aromatic heterocycles. The Morgan fingerprint density at radius 1 is 1.25 bits per heavy atom. The summed E-state index contributed by atoms with van der Waals surface area (Å²) in [6.07, 6.45) is 1.78. The Bertz CT molecular complexity index is 823. The summed E-state index contributed by atoms with van der Waals surface area (Å²) in [6.45, 7) is 5.29. The van der Waals surface area contributed by atoms with Crippen LogP contribution in [0.25, 0.3) is 11.3 Å². The van der Waals surface area contributed by atoms with Crippen LogP contribution in [0, 0.1) is 0 Å². The lowest BCUT2D eigenvalue weighted by Crippen LogP contribution is -2.13. The molecule has 0 aliphatic rings. The van der Waals surface area contributed by atoms with E-state index < -0.39 is 0 Å². The van der Waals surface area contributed by atoms with E-state index in [0.717, 1.165) is 23.6 Å². The average molecular weight is 342 g/mol. The van der Waals surface area contributed by atoms with Gasteiger partial charge in [0.05, 0.1) is 12.3 Å². The summed E-state index contributed by atoms with van der Waals surface area (Å²) in [7, 11) is 0. The molecule has 1 amide bonds. The predicted octanol–water partition coefficient (Wildman–Crippen LogP) is 3.68. The molecule has 0 aliphatic heterocycles. The van der Waals surface area contributed by atoms with Crippen LogP contribution in [-0.4, -0.2) is 27.3 Å². The van der Waals surface area contributed by atoms with Gasteiger partial charge >= 0.3 is 0 Å². The number of aromatic nitrogens is 3. The molecule has 7 heteroatoms. The summed E-state index contributed by atoms with van der Waals surface area (Å²) in [4.78, 5) is 16.6. The van der Waals surface area contributed by atoms with E-state index in [4.69, 9.17) is 4.74 Å². The van der Waals surface area contributed by atoms with Crippen LogP contribution in [0.2, 0.25) is 0 Å². The molecule has 1 N–H and O–H groups in total. The van der Waals surface area contributed by atoms with E-state index >= 15 is 0 Å². The highest BCUT2D eigenvalue weighted by molar-refractivity contribution is 7.14. The Kier molecular flexibility index (Phi) is 4.90. The van der Waals surface area contributed by atoms with Crippen molar-refractivity contribution in [2.45, 2.75) is 20.4 Å². The number of nitrogens with zero attached hydrogens (tertiary/aromatic N) is 3. The van der Waals surface area contributed by atoms with Gasteiger partial charge in [-0.05, 0) is 44.2 Å². The average Bonchev–Trinajstić information content (AvgIpc) is 3.25. The van der Waals surface area contributed by atoms with Crippen molar-refractivity contribution >= 4 is 22.4 Å². The lowest BCUT2D eigenvalue weighted by Gasteiger charge is -2.03. The summed E-state index contributed by atoms with van der Waals surface area (Å²) in [5, 5.41) is 9.43. The first-order chi connectivity index (χ1) is 11.7. The van der Waals surface area contributed by atoms with Crippen molar-refractivity contribution in [3.8, 4) is 17.0 Å². The molecule has 0 unspecified atom stereocenters. The Hall–Kier alpha value is -2.67. The third-order valence-electron chi connectivity index (χ3n) is 3.38. The number of aryl methyl sites for hydroxylation is 1. The van der Waals surface area contributed by atoms with Crippen molar-refractivity contribution in [2.24, 2.45) is 0 Å². The fourth-order valence-corrected chi connectivity index (χ4v) is 2.89. The first-order valence-corrected chi connectivity index (χ1v) is 8.61. The summed E-state index contributed by atoms with van der Waals surface area (Å²) in [6, 6.07) is 9.42. The van der Waals surface area contributed by atoms with E-state index in [1.807, 2.05) is 43.5 Å². The van der Waals surface area contributed by atoms with Gasteiger partial charge in [0, 0.05) is 23.7 Å². The fraction of sp³-hybridized carbons (Fsp3) is 0.235. The zero-order valence-corrected chi connectivity index (χ0v) is 14.3. The summed E-state index contributed by atoms with van der Waals surface area (Å²) in [5.74, 6) is 0.575. The van der Waals surface area contributed by atoms with E-state index in [-0.39, 0.29) is 5.91 Å². The van der Waals surface area contributed by atoms with E-state index in [2.05, 4.69) is 15.4 Å². The number of amides is 1. The summed E-state index contributed by atoms with van der Waals surface area (Å²) in [5.41, 5.74) is 2.18. The largest absolute Gasteiger partial charge is 0.494 e. The van der Waals surface area contributed by atoms with Gasteiger partial charge in [-0.2, -0.15) is 5.10 Å². The number of carbonyl (C=O) groups is 1. The van der Waals surface area contributed by atoms with Crippen molar-refractivity contribution in [2.75, 3.05) is 11.9 Å². The predicted molar refractivity (Wildman–Crippen MR) is 94.6 cm³/mol. The molecular formula is C17H18N4O2S. The van der Waals surface area contributed by atoms with E-state index in [0.29, 0.717) is 17.4 Å². The van der Waals surface area contributed by atoms with Crippen LogP contribution in [0.4, 0.5) is 5.13 Å². The third-order valence-corrected chi connectivity index (χ3v) is 4.14. The number of hydrogen-bond donors (Lipinski definition) is 1. The summed E-state index contributed by atoms with van der Waals surface area (Å²) >= 11 is 1.39. The van der Waals surface area contributed by atoms with Crippen molar-refractivity contribution in [3.05, 3.63) is 47.6 Å². The van der Waals surface area contributed by atoms with E-state index in [9.17, 15) is 4.79 Å². The van der Waals surface area contributed by atoms with Crippen LogP contribution in [0.15, 0.2) is 41.9 Å². The second-order valence-electron chi connectivity index (χ2n) is 5.01. The monoisotopic (exact) mass is 342 g/mol. The maximum absolute atomic E-state index is 12.2. The zero-order valence-electron chi connectivity index (χ0n) is 13.5. The minimum Gasteiger partial charge on any atom is -0.494 e. The molecule has 2 heterocycles. The number of rotatable bonds is 6. The molecule has 3 rings (SSSR count). The normalized spacial score (nSPS) is 10.6. The van der Waals surface area contributed by atoms with Gasteiger partial charge in [0.2, 0.25) is 0 Å². The standard InChI is InChI=1S/C17H18N4O2S/c1-3-21-10-9-14(20-21)16(22)19-17-18-15(11-24-17)12-5-7-13(8-6-12)23-4-2/h5-11H,3-4H2,1-2H3,(H,18,19,22). The summed E-state index contributed by atoms with van der Waals surface area (Å²) < 4.78 is 7.14. The van der Waals surface area contributed by atoms with Gasteiger partial charge in [0.1, 0.15) is 5.75 Å². The van der Waals surface area contributed by atoms with E-state index in [1.165, 1.54) is 11.3 Å². The van der Waals surface area contributed by atoms with Crippen molar-refractivity contribution < 1.29 is 9.53 Å². The number of carbonyl (C=O) groups excluding carboxylic acids is 1. The van der Waals surface area contributed by atoms with Gasteiger partial charge in [0.25, 0.3) is 5.91 Å². The maximum atomic E-state index is 12.2. The van der Waals surface area contributed by atoms with Gasteiger partial charge in [-0.25, -0.2) is 4.98 Å². The van der Waals surface area contributed by atoms with Crippen LogP contribution in [0.5, 0.6) is 5.75 Å². The molecule has 0 radical (unpaired) electrons. The van der Waals surface area contributed by atoms with E-state index in [1.54, 1.807) is 16.9 Å². The van der Waals surface area contributed by atoms with Crippen molar-refractivity contribution in [1.82, 2.24) is 14.8 Å². The highest BCUT2D eigenvalue weighted by Gasteiger charge is 2.12. The van der Waals surface area contributed by atoms with Crippen LogP contribution in [-0.2, 0) is 6.54 Å². The number of anilines is 1. The molecule has 0 saturated carbocycles. The van der Waals surface area contributed by atoms with Crippen LogP contribution in [0.1, 0.15) is 24.3 Å². The molecule has 0 spiro atoms. The molecular weight excluding hydrogens is 324 g/mol. The fourth-order valence-electron chi connectivity index (χ4n) is 2.17. The highest BCUT2D eigenvalue weighted by atomic mass is 32.1. The quantitative estimate of drug-likeness (QED) is 0.742. The zero-order chi connectivity index (χ0) is 16.9. The molecule has 0 aliphatic carbocycles. The minimum atomic E-state index is -0.255. The first kappa shape index (κ1) is 16.2. The molecule has 24 heavy (non-hydrogen) atoms. The van der Waals surface area contributed by atoms with Crippen LogP contribution < -0.4 is 10.1 Å². The van der Waals surface area contributed by atoms with Crippen LogP contribution >= 0.6 is 11.3 Å². The Balaban J connectivity index is 1.69. The van der Waals surface area contributed by atoms with Crippen molar-refractivity contribution in [1.29, 1.82) is 0 Å². The molecule has 0 atom stereocenters. The number of thiazole rings is 1. The Labute approximate surface area is 144 Å². The smallest absolute Gasteiger partial charge is 0.277 e. The first-order valence-electron chi connectivity index (χ1n) is 7.73. The Morgan fingerprint density at radius 2 is 2.04 bits per heavy atom. The van der Waals surface area contributed by atoms with Crippen LogP contribution in [0.3, 0.4) is 0 Å². The topological polar surface area (TPSA) is 69.0 Å². The minimum absolute atomic E-state index is 0.255. The number of ether oxygens (including phenoxy) is 1. The molecule has 1 aromatic carbocycles. The lowest BCUT2D eigenvalue weighted by molar-refractivity contribution is 0.102. The number of hydrogen-bond acceptors (Lipinski definition) is 5. The van der Waals surface area contributed by atoms with Gasteiger partial charge < -0.3 is 4.74 Å². The third kappa shape index (κ3) is 3.62. The maximum Gasteiger partial charge on any atom is 0.277 e. The van der Waals surface area contributed by atoms with Gasteiger partial charge in [-0.15, -0.1) is 11.3 Å². The van der Waals surface area contributed by atoms with Crippen molar-refractivity contribution in [3.63, 3.8) is 0 Å². The SMILES string of the molecule is CCOc1ccc(-c2csc(NC(=O)c3ccn(CC)n3)n2)cc1. The number of nitrogens with one attached hydrogen (secondary N) is 1. The Morgan fingerprint density at radius 3 is 2.71 bits per heavy atom.